The number of nitrogens with zero attached hydrogens (tertiary/aromatic N) is 2. The van der Waals surface area contributed by atoms with Gasteiger partial charge in [0, 0.05) is 34.6 Å². The third-order valence-corrected chi connectivity index (χ3v) is 4.77. The summed E-state index contributed by atoms with van der Waals surface area (Å²) >= 11 is 0. The molecular formula is C20H14N2O3. The fourth-order valence-corrected chi connectivity index (χ4v) is 3.69. The van der Waals surface area contributed by atoms with Gasteiger partial charge in [-0.2, -0.15) is 0 Å². The molecule has 5 nitrogen and oxygen atoms in total. The van der Waals surface area contributed by atoms with Gasteiger partial charge in [0.05, 0.1) is 12.1 Å². The SMILES string of the molecule is O=C(O)CC1=c2c(ccc3c2=CC2=CC=CN4C=CC=CC24O3)N=C1. The maximum absolute atomic E-state index is 11.2. The van der Waals surface area contributed by atoms with Crippen molar-refractivity contribution in [3.05, 3.63) is 70.9 Å². The number of carboxylic acids is 1. The minimum absolute atomic E-state index is 0.0559. The zero-order valence-electron chi connectivity index (χ0n) is 13.2. The first-order valence-electron chi connectivity index (χ1n) is 8.04. The van der Waals surface area contributed by atoms with Crippen LogP contribution in [-0.2, 0) is 4.79 Å². The number of benzene rings is 1. The lowest BCUT2D eigenvalue weighted by molar-refractivity contribution is -0.135. The molecule has 0 fully saturated rings. The number of hydrogen-bond donors (Lipinski definition) is 1. The lowest BCUT2D eigenvalue weighted by atomic mass is 9.91. The molecule has 0 saturated carbocycles. The van der Waals surface area contributed by atoms with Crippen LogP contribution in [0, 0.1) is 0 Å². The van der Waals surface area contributed by atoms with Gasteiger partial charge in [-0.3, -0.25) is 9.79 Å². The monoisotopic (exact) mass is 330 g/mol. The summed E-state index contributed by atoms with van der Waals surface area (Å²) in [5, 5.41) is 10.9. The van der Waals surface area contributed by atoms with E-state index in [1.54, 1.807) is 6.21 Å². The molecule has 0 aliphatic carbocycles. The Labute approximate surface area is 143 Å². The molecule has 0 bridgehead atoms. The molecule has 25 heavy (non-hydrogen) atoms. The smallest absolute Gasteiger partial charge is 0.307 e. The van der Waals surface area contributed by atoms with Crippen molar-refractivity contribution in [2.24, 2.45) is 4.99 Å². The van der Waals surface area contributed by atoms with Crippen molar-refractivity contribution in [3.63, 3.8) is 0 Å². The summed E-state index contributed by atoms with van der Waals surface area (Å²) in [6, 6.07) is 3.78. The van der Waals surface area contributed by atoms with E-state index in [0.29, 0.717) is 5.57 Å². The van der Waals surface area contributed by atoms with Gasteiger partial charge in [-0.1, -0.05) is 12.2 Å². The van der Waals surface area contributed by atoms with Crippen LogP contribution in [0.2, 0.25) is 0 Å². The lowest BCUT2D eigenvalue weighted by Crippen LogP contribution is -2.53. The van der Waals surface area contributed by atoms with Gasteiger partial charge >= 0.3 is 5.97 Å². The van der Waals surface area contributed by atoms with E-state index in [-0.39, 0.29) is 6.42 Å². The van der Waals surface area contributed by atoms with Crippen LogP contribution in [0.25, 0.3) is 11.6 Å². The Morgan fingerprint density at radius 3 is 3.00 bits per heavy atom. The van der Waals surface area contributed by atoms with E-state index in [0.717, 1.165) is 27.4 Å². The quantitative estimate of drug-likeness (QED) is 0.897. The third kappa shape index (κ3) is 1.89. The molecule has 5 rings (SSSR count). The second-order valence-corrected chi connectivity index (χ2v) is 6.24. The molecule has 1 atom stereocenters. The van der Waals surface area contributed by atoms with Crippen molar-refractivity contribution in [1.82, 2.24) is 4.90 Å². The van der Waals surface area contributed by atoms with Crippen molar-refractivity contribution in [2.75, 3.05) is 0 Å². The van der Waals surface area contributed by atoms with E-state index in [4.69, 9.17) is 4.74 Å². The van der Waals surface area contributed by atoms with Gasteiger partial charge in [-0.05, 0) is 42.0 Å². The summed E-state index contributed by atoms with van der Waals surface area (Å²) in [5.41, 5.74) is 1.81. The van der Waals surface area contributed by atoms with E-state index in [2.05, 4.69) is 11.1 Å². The molecule has 0 saturated heterocycles. The summed E-state index contributed by atoms with van der Waals surface area (Å²) in [5.74, 6) is -0.143. The number of aliphatic imine (C=N–C) groups is 1. The van der Waals surface area contributed by atoms with Crippen molar-refractivity contribution < 1.29 is 14.6 Å². The Morgan fingerprint density at radius 2 is 2.12 bits per heavy atom. The van der Waals surface area contributed by atoms with Crippen LogP contribution >= 0.6 is 0 Å². The molecule has 1 N–H and O–H groups in total. The Hall–Kier alpha value is -3.34. The topological polar surface area (TPSA) is 62.1 Å². The number of aliphatic carboxylic acids is 1. The Morgan fingerprint density at radius 1 is 1.24 bits per heavy atom. The first-order valence-corrected chi connectivity index (χ1v) is 8.04. The second-order valence-electron chi connectivity index (χ2n) is 6.24. The van der Waals surface area contributed by atoms with Gasteiger partial charge in [-0.15, -0.1) is 0 Å². The van der Waals surface area contributed by atoms with E-state index in [9.17, 15) is 9.90 Å². The number of allylic oxidation sites excluding steroid dienone is 4. The van der Waals surface area contributed by atoms with E-state index < -0.39 is 11.7 Å². The van der Waals surface area contributed by atoms with E-state index in [1.165, 1.54) is 0 Å². The molecule has 0 amide bonds. The van der Waals surface area contributed by atoms with Crippen LogP contribution in [0.15, 0.2) is 65.5 Å². The van der Waals surface area contributed by atoms with Crippen LogP contribution in [0.3, 0.4) is 0 Å². The summed E-state index contributed by atoms with van der Waals surface area (Å²) in [4.78, 5) is 17.6. The third-order valence-electron chi connectivity index (χ3n) is 4.77. The maximum Gasteiger partial charge on any atom is 0.307 e. The van der Waals surface area contributed by atoms with Gasteiger partial charge in [-0.25, -0.2) is 0 Å². The van der Waals surface area contributed by atoms with Crippen LogP contribution in [-0.4, -0.2) is 27.9 Å². The minimum Gasteiger partial charge on any atom is -0.481 e. The molecule has 122 valence electrons. The summed E-state index contributed by atoms with van der Waals surface area (Å²) < 4.78 is 6.43. The summed E-state index contributed by atoms with van der Waals surface area (Å²) in [6.07, 6.45) is 17.6. The highest BCUT2D eigenvalue weighted by molar-refractivity contribution is 6.11. The van der Waals surface area contributed by atoms with Crippen LogP contribution < -0.4 is 15.2 Å². The predicted molar refractivity (Wildman–Crippen MR) is 94.7 cm³/mol. The number of fused-ring (bicyclic) bond motifs is 3. The molecule has 4 aliphatic heterocycles. The fourth-order valence-electron chi connectivity index (χ4n) is 3.69. The number of ether oxygens (including phenoxy) is 1. The van der Waals surface area contributed by atoms with Crippen molar-refractivity contribution in [1.29, 1.82) is 0 Å². The van der Waals surface area contributed by atoms with E-state index in [1.807, 2.05) is 59.8 Å². The average molecular weight is 330 g/mol. The molecule has 1 aromatic rings. The lowest BCUT2D eigenvalue weighted by Gasteiger charge is -2.44. The zero-order chi connectivity index (χ0) is 17.0. The zero-order valence-corrected chi connectivity index (χ0v) is 13.2. The summed E-state index contributed by atoms with van der Waals surface area (Å²) in [7, 11) is 0. The molecule has 0 radical (unpaired) electrons. The molecule has 1 unspecified atom stereocenters. The maximum atomic E-state index is 11.2. The number of hydrogen-bond acceptors (Lipinski definition) is 4. The highest BCUT2D eigenvalue weighted by atomic mass is 16.5. The Kier molecular flexibility index (Phi) is 2.71. The van der Waals surface area contributed by atoms with Gasteiger partial charge in [0.15, 0.2) is 0 Å². The van der Waals surface area contributed by atoms with Crippen molar-refractivity contribution in [2.45, 2.75) is 12.1 Å². The molecule has 5 heteroatoms. The van der Waals surface area contributed by atoms with Crippen LogP contribution in [0.4, 0.5) is 5.69 Å². The Bertz CT molecular complexity index is 1090. The largest absolute Gasteiger partial charge is 0.481 e. The standard InChI is InChI=1S/C20H14N2O3/c23-18(24)10-13-12-21-16-5-6-17-15(19(13)16)11-14-4-3-9-22-8-2-1-7-20(14,22)25-17/h1-9,11-12H,10H2,(H,23,24). The summed E-state index contributed by atoms with van der Waals surface area (Å²) in [6.45, 7) is 0. The minimum atomic E-state index is -0.869. The number of rotatable bonds is 2. The Balaban J connectivity index is 1.78. The van der Waals surface area contributed by atoms with Crippen LogP contribution in [0.5, 0.6) is 5.75 Å². The molecule has 1 spiro atoms. The van der Waals surface area contributed by atoms with Gasteiger partial charge in [0.1, 0.15) is 5.75 Å². The number of carbonyl (C=O) groups is 1. The van der Waals surface area contributed by atoms with E-state index >= 15 is 0 Å². The second kappa shape index (κ2) is 4.83. The molecular weight excluding hydrogens is 316 g/mol. The molecule has 1 aromatic carbocycles. The normalized spacial score (nSPS) is 23.9. The van der Waals surface area contributed by atoms with Gasteiger partial charge in [0.25, 0.3) is 0 Å². The van der Waals surface area contributed by atoms with Crippen molar-refractivity contribution in [3.8, 4) is 5.75 Å². The fraction of sp³-hybridized carbons (Fsp3) is 0.100. The van der Waals surface area contributed by atoms with Crippen molar-refractivity contribution >= 4 is 29.5 Å². The molecule has 4 heterocycles. The van der Waals surface area contributed by atoms with Gasteiger partial charge < -0.3 is 14.7 Å². The number of carboxylic acid groups (broad SMARTS) is 1. The average Bonchev–Trinajstić information content (AvgIpc) is 3.01. The first-order chi connectivity index (χ1) is 12.2. The highest BCUT2D eigenvalue weighted by Crippen LogP contribution is 2.37. The predicted octanol–water partition coefficient (Wildman–Crippen LogP) is 1.74. The van der Waals surface area contributed by atoms with Crippen LogP contribution in [0.1, 0.15) is 6.42 Å². The highest BCUT2D eigenvalue weighted by Gasteiger charge is 2.42. The van der Waals surface area contributed by atoms with Gasteiger partial charge in [0.2, 0.25) is 5.72 Å². The first kappa shape index (κ1) is 14.0. The molecule has 0 aromatic heterocycles. The molecule has 4 aliphatic rings.